The standard InChI is InChI=1S/C58H112O6/c1-6-8-9-10-11-12-21-28-33-38-43-48-56(59)62-51-55(52-63-57(60)49-44-39-34-29-25-24-26-31-36-41-46-53(3)4)64-58(61)50-45-40-35-30-23-20-18-16-14-13-15-17-19-22-27-32-37-42-47-54(5)7-2/h53-55H,6-52H2,1-5H3/t54?,55-/m0/s1. The molecule has 0 N–H and O–H groups in total. The van der Waals surface area contributed by atoms with Gasteiger partial charge in [-0.3, -0.25) is 14.4 Å². The molecular weight excluding hydrogens is 793 g/mol. The molecule has 1 unspecified atom stereocenters. The summed E-state index contributed by atoms with van der Waals surface area (Å²) in [5.74, 6) is 0.886. The molecule has 0 aromatic heterocycles. The van der Waals surface area contributed by atoms with Crippen molar-refractivity contribution in [2.45, 2.75) is 330 Å². The van der Waals surface area contributed by atoms with Crippen LogP contribution in [0.2, 0.25) is 0 Å². The summed E-state index contributed by atoms with van der Waals surface area (Å²) in [6.07, 6.45) is 53.8. The molecule has 380 valence electrons. The van der Waals surface area contributed by atoms with E-state index in [1.807, 2.05) is 0 Å². The lowest BCUT2D eigenvalue weighted by molar-refractivity contribution is -0.167. The van der Waals surface area contributed by atoms with E-state index >= 15 is 0 Å². The molecule has 0 heterocycles. The van der Waals surface area contributed by atoms with Crippen LogP contribution in [0.3, 0.4) is 0 Å². The normalized spacial score (nSPS) is 12.5. The molecule has 0 fully saturated rings. The van der Waals surface area contributed by atoms with Gasteiger partial charge in [-0.25, -0.2) is 0 Å². The van der Waals surface area contributed by atoms with Crippen molar-refractivity contribution < 1.29 is 28.6 Å². The van der Waals surface area contributed by atoms with Crippen LogP contribution in [0, 0.1) is 11.8 Å². The Kier molecular flexibility index (Phi) is 49.6. The fourth-order valence-corrected chi connectivity index (χ4v) is 8.84. The summed E-state index contributed by atoms with van der Waals surface area (Å²) in [4.78, 5) is 38.0. The lowest BCUT2D eigenvalue weighted by Crippen LogP contribution is -2.30. The van der Waals surface area contributed by atoms with E-state index in [4.69, 9.17) is 14.2 Å². The molecule has 6 heteroatoms. The summed E-state index contributed by atoms with van der Waals surface area (Å²) < 4.78 is 16.9. The Morgan fingerprint density at radius 2 is 0.594 bits per heavy atom. The van der Waals surface area contributed by atoms with E-state index in [0.717, 1.165) is 69.6 Å². The van der Waals surface area contributed by atoms with Crippen molar-refractivity contribution in [1.82, 2.24) is 0 Å². The van der Waals surface area contributed by atoms with E-state index in [-0.39, 0.29) is 31.1 Å². The van der Waals surface area contributed by atoms with Gasteiger partial charge in [0.15, 0.2) is 6.10 Å². The molecule has 64 heavy (non-hydrogen) atoms. The van der Waals surface area contributed by atoms with Crippen molar-refractivity contribution >= 4 is 17.9 Å². The Bertz CT molecular complexity index is 980. The quantitative estimate of drug-likeness (QED) is 0.0344. The van der Waals surface area contributed by atoms with Gasteiger partial charge in [-0.05, 0) is 31.1 Å². The Morgan fingerprint density at radius 3 is 0.891 bits per heavy atom. The second-order valence-electron chi connectivity index (χ2n) is 20.6. The summed E-state index contributed by atoms with van der Waals surface area (Å²) in [5.41, 5.74) is 0. The third-order valence-corrected chi connectivity index (χ3v) is 13.6. The second kappa shape index (κ2) is 50.8. The van der Waals surface area contributed by atoms with Gasteiger partial charge < -0.3 is 14.2 Å². The van der Waals surface area contributed by atoms with Crippen LogP contribution in [-0.4, -0.2) is 37.2 Å². The Labute approximate surface area is 399 Å². The first kappa shape index (κ1) is 62.4. The molecule has 0 aromatic carbocycles. The maximum Gasteiger partial charge on any atom is 0.306 e. The minimum Gasteiger partial charge on any atom is -0.462 e. The molecular formula is C58H112O6. The zero-order chi connectivity index (χ0) is 46.8. The smallest absolute Gasteiger partial charge is 0.306 e. The number of hydrogen-bond donors (Lipinski definition) is 0. The molecule has 0 rings (SSSR count). The first-order chi connectivity index (χ1) is 31.3. The Hall–Kier alpha value is -1.59. The third-order valence-electron chi connectivity index (χ3n) is 13.6. The Morgan fingerprint density at radius 1 is 0.328 bits per heavy atom. The van der Waals surface area contributed by atoms with E-state index in [1.165, 1.54) is 212 Å². The molecule has 0 saturated heterocycles. The van der Waals surface area contributed by atoms with Gasteiger partial charge in [0.05, 0.1) is 0 Å². The topological polar surface area (TPSA) is 78.9 Å². The molecule has 0 saturated carbocycles. The van der Waals surface area contributed by atoms with Crippen LogP contribution in [-0.2, 0) is 28.6 Å². The highest BCUT2D eigenvalue weighted by atomic mass is 16.6. The molecule has 0 amide bonds. The fourth-order valence-electron chi connectivity index (χ4n) is 8.84. The van der Waals surface area contributed by atoms with E-state index in [2.05, 4.69) is 34.6 Å². The molecule has 0 aliphatic carbocycles. The summed E-state index contributed by atoms with van der Waals surface area (Å²) in [5, 5.41) is 0. The minimum atomic E-state index is -0.762. The van der Waals surface area contributed by atoms with Gasteiger partial charge in [-0.15, -0.1) is 0 Å². The van der Waals surface area contributed by atoms with Crippen LogP contribution < -0.4 is 0 Å². The summed E-state index contributed by atoms with van der Waals surface area (Å²) >= 11 is 0. The van der Waals surface area contributed by atoms with Gasteiger partial charge in [-0.1, -0.05) is 285 Å². The Balaban J connectivity index is 4.22. The number of esters is 3. The monoisotopic (exact) mass is 905 g/mol. The zero-order valence-electron chi connectivity index (χ0n) is 43.9. The number of rotatable bonds is 52. The molecule has 0 aliphatic rings. The van der Waals surface area contributed by atoms with Crippen LogP contribution in [0.25, 0.3) is 0 Å². The van der Waals surface area contributed by atoms with Crippen molar-refractivity contribution in [1.29, 1.82) is 0 Å². The van der Waals surface area contributed by atoms with Crippen molar-refractivity contribution in [3.8, 4) is 0 Å². The SMILES string of the molecule is CCCCCCCCCCCCCC(=O)OC[C@@H](COC(=O)CCCCCCCCCCCCC(C)C)OC(=O)CCCCCCCCCCCCCCCCCCCCC(C)CC. The van der Waals surface area contributed by atoms with Crippen LogP contribution in [0.4, 0.5) is 0 Å². The van der Waals surface area contributed by atoms with Gasteiger partial charge in [0.1, 0.15) is 13.2 Å². The highest BCUT2D eigenvalue weighted by molar-refractivity contribution is 5.71. The number of hydrogen-bond acceptors (Lipinski definition) is 6. The van der Waals surface area contributed by atoms with Gasteiger partial charge in [0, 0.05) is 19.3 Å². The summed E-state index contributed by atoms with van der Waals surface area (Å²) in [6, 6.07) is 0. The second-order valence-corrected chi connectivity index (χ2v) is 20.6. The molecule has 0 aromatic rings. The zero-order valence-corrected chi connectivity index (χ0v) is 43.9. The lowest BCUT2D eigenvalue weighted by atomic mass is 9.99. The van der Waals surface area contributed by atoms with Crippen molar-refractivity contribution in [3.05, 3.63) is 0 Å². The number of unbranched alkanes of at least 4 members (excludes halogenated alkanes) is 36. The number of carbonyl (C=O) groups is 3. The predicted molar refractivity (Wildman–Crippen MR) is 275 cm³/mol. The van der Waals surface area contributed by atoms with Crippen LogP contribution >= 0.6 is 0 Å². The average molecular weight is 906 g/mol. The van der Waals surface area contributed by atoms with Gasteiger partial charge >= 0.3 is 17.9 Å². The van der Waals surface area contributed by atoms with E-state index in [1.54, 1.807) is 0 Å². The van der Waals surface area contributed by atoms with E-state index in [0.29, 0.717) is 19.3 Å². The first-order valence-electron chi connectivity index (χ1n) is 28.8. The fraction of sp³-hybridized carbons (Fsp3) is 0.948. The molecule has 6 nitrogen and oxygen atoms in total. The van der Waals surface area contributed by atoms with Crippen molar-refractivity contribution in [2.24, 2.45) is 11.8 Å². The van der Waals surface area contributed by atoms with Gasteiger partial charge in [0.2, 0.25) is 0 Å². The average Bonchev–Trinajstić information content (AvgIpc) is 3.28. The maximum atomic E-state index is 12.8. The molecule has 2 atom stereocenters. The minimum absolute atomic E-state index is 0.0631. The van der Waals surface area contributed by atoms with Crippen molar-refractivity contribution in [3.63, 3.8) is 0 Å². The molecule has 0 spiro atoms. The molecule has 0 aliphatic heterocycles. The van der Waals surface area contributed by atoms with Crippen LogP contribution in [0.1, 0.15) is 324 Å². The predicted octanol–water partition coefficient (Wildman–Crippen LogP) is 18.9. The van der Waals surface area contributed by atoms with Crippen LogP contribution in [0.5, 0.6) is 0 Å². The van der Waals surface area contributed by atoms with E-state index < -0.39 is 6.10 Å². The number of ether oxygens (including phenoxy) is 3. The summed E-state index contributed by atoms with van der Waals surface area (Å²) in [7, 11) is 0. The summed E-state index contributed by atoms with van der Waals surface area (Å²) in [6.45, 7) is 11.4. The highest BCUT2D eigenvalue weighted by Gasteiger charge is 2.19. The number of carbonyl (C=O) groups excluding carboxylic acids is 3. The lowest BCUT2D eigenvalue weighted by Gasteiger charge is -2.18. The van der Waals surface area contributed by atoms with Gasteiger partial charge in [-0.2, -0.15) is 0 Å². The van der Waals surface area contributed by atoms with E-state index in [9.17, 15) is 14.4 Å². The maximum absolute atomic E-state index is 12.8. The largest absolute Gasteiger partial charge is 0.462 e. The van der Waals surface area contributed by atoms with Crippen LogP contribution in [0.15, 0.2) is 0 Å². The molecule has 0 bridgehead atoms. The van der Waals surface area contributed by atoms with Crippen molar-refractivity contribution in [2.75, 3.05) is 13.2 Å². The highest BCUT2D eigenvalue weighted by Crippen LogP contribution is 2.19. The third kappa shape index (κ3) is 49.8. The van der Waals surface area contributed by atoms with Gasteiger partial charge in [0.25, 0.3) is 0 Å². The first-order valence-corrected chi connectivity index (χ1v) is 28.8. The molecule has 0 radical (unpaired) electrons.